The van der Waals surface area contributed by atoms with E-state index < -0.39 is 19.3 Å². The molecule has 0 aliphatic carbocycles. The highest BCUT2D eigenvalue weighted by Crippen LogP contribution is 2.11. The van der Waals surface area contributed by atoms with Gasteiger partial charge in [-0.3, -0.25) is 0 Å². The van der Waals surface area contributed by atoms with Crippen LogP contribution in [-0.2, 0) is 9.31 Å². The van der Waals surface area contributed by atoms with Crippen molar-refractivity contribution in [1.82, 2.24) is 0 Å². The molecule has 1 aromatic carbocycles. The highest BCUT2D eigenvalue weighted by molar-refractivity contribution is 6.61. The van der Waals surface area contributed by atoms with Crippen LogP contribution in [0.25, 0.3) is 0 Å². The van der Waals surface area contributed by atoms with Crippen molar-refractivity contribution in [3.63, 3.8) is 0 Å². The van der Waals surface area contributed by atoms with Crippen LogP contribution >= 0.6 is 0 Å². The second-order valence-corrected chi connectivity index (χ2v) is 3.50. The minimum absolute atomic E-state index is 0.307. The van der Waals surface area contributed by atoms with E-state index in [1.807, 2.05) is 30.3 Å². The van der Waals surface area contributed by atoms with Crippen molar-refractivity contribution in [1.29, 1.82) is 0 Å². The molecule has 0 unspecified atom stereocenters. The topological polar surface area (TPSA) is 58.9 Å². The molecular weight excluding hydrogens is 195 g/mol. The number of hydrogen-bond acceptors (Lipinski definition) is 4. The molecular formula is C10H13BO4. The molecule has 0 spiro atoms. The summed E-state index contributed by atoms with van der Waals surface area (Å²) in [7, 11) is -0.433. The van der Waals surface area contributed by atoms with E-state index in [2.05, 4.69) is 0 Å². The van der Waals surface area contributed by atoms with E-state index in [1.165, 1.54) is 0 Å². The summed E-state index contributed by atoms with van der Waals surface area (Å²) in [6.07, 6.45) is -1.32. The Morgan fingerprint density at radius 1 is 1.40 bits per heavy atom. The maximum atomic E-state index is 9.37. The lowest BCUT2D eigenvalue weighted by atomic mass is 9.79. The third-order valence-electron chi connectivity index (χ3n) is 2.40. The number of aliphatic hydroxyl groups is 2. The van der Waals surface area contributed by atoms with Crippen molar-refractivity contribution in [2.45, 2.75) is 12.2 Å². The van der Waals surface area contributed by atoms with Crippen LogP contribution in [0.15, 0.2) is 30.3 Å². The van der Waals surface area contributed by atoms with Crippen LogP contribution in [0.2, 0.25) is 0 Å². The van der Waals surface area contributed by atoms with Crippen LogP contribution in [0.4, 0.5) is 0 Å². The van der Waals surface area contributed by atoms with Gasteiger partial charge in [-0.05, 0) is 5.46 Å². The number of aliphatic hydroxyl groups excluding tert-OH is 2. The predicted molar refractivity (Wildman–Crippen MR) is 55.7 cm³/mol. The first-order valence-electron chi connectivity index (χ1n) is 4.92. The normalized spacial score (nSPS) is 23.1. The summed E-state index contributed by atoms with van der Waals surface area (Å²) in [5.74, 6) is 0. The Hall–Kier alpha value is -0.875. The molecule has 15 heavy (non-hydrogen) atoms. The summed E-state index contributed by atoms with van der Waals surface area (Å²) in [4.78, 5) is 0. The Balaban J connectivity index is 1.99. The lowest BCUT2D eigenvalue weighted by Crippen LogP contribution is -2.36. The van der Waals surface area contributed by atoms with Crippen LogP contribution < -0.4 is 5.46 Å². The minimum atomic E-state index is -0.876. The lowest BCUT2D eigenvalue weighted by molar-refractivity contribution is 0.00824. The molecule has 1 aliphatic rings. The number of hydrogen-bond donors (Lipinski definition) is 2. The highest BCUT2D eigenvalue weighted by Gasteiger charge is 2.36. The molecule has 1 aliphatic heterocycles. The van der Waals surface area contributed by atoms with E-state index in [-0.39, 0.29) is 6.61 Å². The Kier molecular flexibility index (Phi) is 3.38. The fraction of sp³-hybridized carbons (Fsp3) is 0.400. The zero-order valence-corrected chi connectivity index (χ0v) is 8.24. The summed E-state index contributed by atoms with van der Waals surface area (Å²) in [5, 5.41) is 18.1. The number of rotatable bonds is 3. The molecule has 5 heteroatoms. The Bertz CT molecular complexity index is 306. The lowest BCUT2D eigenvalue weighted by Gasteiger charge is -2.14. The van der Waals surface area contributed by atoms with Crippen molar-refractivity contribution < 1.29 is 19.5 Å². The third-order valence-corrected chi connectivity index (χ3v) is 2.40. The van der Waals surface area contributed by atoms with Gasteiger partial charge >= 0.3 is 7.12 Å². The van der Waals surface area contributed by atoms with Gasteiger partial charge in [-0.2, -0.15) is 0 Å². The Morgan fingerprint density at radius 2 is 2.13 bits per heavy atom. The summed E-state index contributed by atoms with van der Waals surface area (Å²) in [6, 6.07) is 9.52. The van der Waals surface area contributed by atoms with Gasteiger partial charge in [0.1, 0.15) is 6.10 Å². The maximum absolute atomic E-state index is 9.37. The minimum Gasteiger partial charge on any atom is -0.405 e. The monoisotopic (exact) mass is 208 g/mol. The van der Waals surface area contributed by atoms with Crippen LogP contribution in [0, 0.1) is 0 Å². The Morgan fingerprint density at radius 3 is 2.80 bits per heavy atom. The quantitative estimate of drug-likeness (QED) is 0.635. The van der Waals surface area contributed by atoms with Gasteiger partial charge < -0.3 is 19.5 Å². The van der Waals surface area contributed by atoms with Crippen molar-refractivity contribution in [3.8, 4) is 0 Å². The van der Waals surface area contributed by atoms with Gasteiger partial charge in [0.25, 0.3) is 0 Å². The van der Waals surface area contributed by atoms with Gasteiger partial charge in [-0.15, -0.1) is 0 Å². The second kappa shape index (κ2) is 4.76. The molecule has 2 rings (SSSR count). The molecule has 4 nitrogen and oxygen atoms in total. The van der Waals surface area contributed by atoms with E-state index >= 15 is 0 Å². The van der Waals surface area contributed by atoms with Gasteiger partial charge in [-0.25, -0.2) is 0 Å². The molecule has 0 saturated carbocycles. The van der Waals surface area contributed by atoms with Gasteiger partial charge in [0.2, 0.25) is 0 Å². The van der Waals surface area contributed by atoms with Gasteiger partial charge in [0, 0.05) is 0 Å². The zero-order valence-electron chi connectivity index (χ0n) is 8.24. The zero-order chi connectivity index (χ0) is 10.7. The second-order valence-electron chi connectivity index (χ2n) is 3.50. The van der Waals surface area contributed by atoms with Crippen LogP contribution in [0.5, 0.6) is 0 Å². The third kappa shape index (κ3) is 2.38. The SMILES string of the molecule is OC[C@H](O)[C@@H]1COB(c2ccccc2)O1. The summed E-state index contributed by atoms with van der Waals surface area (Å²) >= 11 is 0. The highest BCUT2D eigenvalue weighted by atomic mass is 16.6. The molecule has 2 N–H and O–H groups in total. The van der Waals surface area contributed by atoms with E-state index in [0.29, 0.717) is 6.61 Å². The molecule has 1 heterocycles. The van der Waals surface area contributed by atoms with E-state index in [0.717, 1.165) is 5.46 Å². The average Bonchev–Trinajstić information content (AvgIpc) is 2.78. The fourth-order valence-corrected chi connectivity index (χ4v) is 1.52. The fourth-order valence-electron chi connectivity index (χ4n) is 1.52. The largest absolute Gasteiger partial charge is 0.494 e. The smallest absolute Gasteiger partial charge is 0.405 e. The molecule has 2 atom stereocenters. The molecule has 80 valence electrons. The molecule has 1 saturated heterocycles. The van der Waals surface area contributed by atoms with Crippen molar-refractivity contribution in [2.75, 3.05) is 13.2 Å². The van der Waals surface area contributed by atoms with Crippen LogP contribution in [0.1, 0.15) is 0 Å². The van der Waals surface area contributed by atoms with E-state index in [9.17, 15) is 5.11 Å². The predicted octanol–water partition coefficient (Wildman–Crippen LogP) is -0.850. The molecule has 1 fully saturated rings. The average molecular weight is 208 g/mol. The maximum Gasteiger partial charge on any atom is 0.494 e. The summed E-state index contributed by atoms with van der Waals surface area (Å²) in [6.45, 7) is -0.00315. The summed E-state index contributed by atoms with van der Waals surface area (Å²) in [5.41, 5.74) is 0.921. The van der Waals surface area contributed by atoms with Gasteiger partial charge in [-0.1, -0.05) is 30.3 Å². The van der Waals surface area contributed by atoms with Crippen LogP contribution in [-0.4, -0.2) is 42.8 Å². The number of benzene rings is 1. The van der Waals surface area contributed by atoms with Crippen LogP contribution in [0.3, 0.4) is 0 Å². The van der Waals surface area contributed by atoms with E-state index in [1.54, 1.807) is 0 Å². The van der Waals surface area contributed by atoms with Crippen molar-refractivity contribution in [3.05, 3.63) is 30.3 Å². The van der Waals surface area contributed by atoms with Crippen molar-refractivity contribution in [2.24, 2.45) is 0 Å². The summed E-state index contributed by atoms with van der Waals surface area (Å²) < 4.78 is 10.8. The first-order chi connectivity index (χ1) is 7.31. The van der Waals surface area contributed by atoms with E-state index in [4.69, 9.17) is 14.4 Å². The molecule has 0 radical (unpaired) electrons. The van der Waals surface area contributed by atoms with Gasteiger partial charge in [0.15, 0.2) is 0 Å². The molecule has 0 aromatic heterocycles. The van der Waals surface area contributed by atoms with Gasteiger partial charge in [0.05, 0.1) is 19.3 Å². The molecule has 0 bridgehead atoms. The standard InChI is InChI=1S/C10H13BO4/c12-6-9(13)10-7-14-11(15-10)8-4-2-1-3-5-8/h1-5,9-10,12-13H,6-7H2/t9-,10-/m0/s1. The first-order valence-corrected chi connectivity index (χ1v) is 4.92. The Labute approximate surface area is 88.6 Å². The molecule has 1 aromatic rings. The first kappa shape index (κ1) is 10.6. The molecule has 0 amide bonds. The van der Waals surface area contributed by atoms with Crippen molar-refractivity contribution >= 4 is 12.6 Å².